The number of hydrogen-bond acceptors (Lipinski definition) is 5. The average Bonchev–Trinajstić information content (AvgIpc) is 2.95. The molecule has 28 heavy (non-hydrogen) atoms. The molecule has 140 valence electrons. The van der Waals surface area contributed by atoms with Gasteiger partial charge in [0.05, 0.1) is 10.6 Å². The average molecular weight is 409 g/mol. The van der Waals surface area contributed by atoms with Crippen LogP contribution in [-0.4, -0.2) is 22.7 Å². The minimum Gasteiger partial charge on any atom is -0.488 e. The molecule has 1 N–H and O–H groups in total. The smallest absolute Gasteiger partial charge is 0.270 e. The monoisotopic (exact) mass is 408 g/mol. The lowest BCUT2D eigenvalue weighted by Gasteiger charge is -2.16. The van der Waals surface area contributed by atoms with E-state index in [9.17, 15) is 9.59 Å². The first kappa shape index (κ1) is 18.5. The molecule has 2 aliphatic rings. The lowest BCUT2D eigenvalue weighted by Crippen LogP contribution is -2.27. The molecular weight excluding hydrogens is 392 g/mol. The third-order valence-electron chi connectivity index (χ3n) is 4.21. The quantitative estimate of drug-likeness (QED) is 0.604. The standard InChI is InChI=1S/C21H16N2O3S2/c1-13(24)22-16-6-8-17(9-7-16)23-20(25)19(28-21(23)27)11-14-10-15-4-2-3-5-18(15)26-12-14/h2-11H,12H2,1H3,(H,22,24)/b19-11+. The van der Waals surface area contributed by atoms with Crippen LogP contribution in [0.2, 0.25) is 0 Å². The number of benzene rings is 2. The van der Waals surface area contributed by atoms with Gasteiger partial charge >= 0.3 is 0 Å². The van der Waals surface area contributed by atoms with Crippen LogP contribution in [0.4, 0.5) is 11.4 Å². The van der Waals surface area contributed by atoms with Gasteiger partial charge < -0.3 is 10.1 Å². The molecule has 0 unspecified atom stereocenters. The zero-order valence-corrected chi connectivity index (χ0v) is 16.6. The fraction of sp³-hybridized carbons (Fsp3) is 0.0952. The number of nitrogens with one attached hydrogen (secondary N) is 1. The Balaban J connectivity index is 1.57. The molecule has 2 aromatic rings. The van der Waals surface area contributed by atoms with E-state index in [1.807, 2.05) is 36.4 Å². The molecule has 0 bridgehead atoms. The van der Waals surface area contributed by atoms with Gasteiger partial charge in [-0.3, -0.25) is 14.5 Å². The van der Waals surface area contributed by atoms with Crippen molar-refractivity contribution in [2.24, 2.45) is 0 Å². The number of thiocarbonyl (C=S) groups is 1. The van der Waals surface area contributed by atoms with Crippen molar-refractivity contribution in [1.82, 2.24) is 0 Å². The highest BCUT2D eigenvalue weighted by molar-refractivity contribution is 8.27. The summed E-state index contributed by atoms with van der Waals surface area (Å²) in [7, 11) is 0. The molecule has 1 fully saturated rings. The number of fused-ring (bicyclic) bond motifs is 1. The van der Waals surface area contributed by atoms with Crippen LogP contribution in [0.5, 0.6) is 5.75 Å². The van der Waals surface area contributed by atoms with E-state index in [2.05, 4.69) is 5.32 Å². The number of hydrogen-bond donors (Lipinski definition) is 1. The molecule has 2 amide bonds. The first-order valence-electron chi connectivity index (χ1n) is 8.59. The molecule has 0 aromatic heterocycles. The van der Waals surface area contributed by atoms with E-state index in [0.29, 0.717) is 27.2 Å². The van der Waals surface area contributed by atoms with Crippen LogP contribution in [0.25, 0.3) is 6.08 Å². The molecule has 2 heterocycles. The van der Waals surface area contributed by atoms with Gasteiger partial charge in [-0.1, -0.05) is 42.2 Å². The third-order valence-corrected chi connectivity index (χ3v) is 5.51. The second kappa shape index (κ2) is 7.61. The van der Waals surface area contributed by atoms with E-state index in [4.69, 9.17) is 17.0 Å². The molecule has 0 aliphatic carbocycles. The summed E-state index contributed by atoms with van der Waals surface area (Å²) in [5, 5.41) is 2.70. The second-order valence-electron chi connectivity index (χ2n) is 6.29. The van der Waals surface area contributed by atoms with E-state index < -0.39 is 0 Å². The summed E-state index contributed by atoms with van der Waals surface area (Å²) in [5.74, 6) is 0.527. The molecule has 2 aliphatic heterocycles. The van der Waals surface area contributed by atoms with Crippen LogP contribution in [0.15, 0.2) is 65.1 Å². The van der Waals surface area contributed by atoms with Crippen LogP contribution in [-0.2, 0) is 9.59 Å². The number of rotatable bonds is 3. The third kappa shape index (κ3) is 3.72. The number of nitrogens with zero attached hydrogens (tertiary/aromatic N) is 1. The van der Waals surface area contributed by atoms with E-state index in [0.717, 1.165) is 16.9 Å². The molecule has 2 aromatic carbocycles. The highest BCUT2D eigenvalue weighted by Crippen LogP contribution is 2.37. The molecule has 0 radical (unpaired) electrons. The topological polar surface area (TPSA) is 58.6 Å². The summed E-state index contributed by atoms with van der Waals surface area (Å²) in [6.07, 6.45) is 3.86. The van der Waals surface area contributed by atoms with Gasteiger partial charge in [-0.2, -0.15) is 0 Å². The Morgan fingerprint density at radius 1 is 1.21 bits per heavy atom. The fourth-order valence-electron chi connectivity index (χ4n) is 2.97. The summed E-state index contributed by atoms with van der Waals surface area (Å²) in [5.41, 5.74) is 3.24. The van der Waals surface area contributed by atoms with Crippen LogP contribution in [0.1, 0.15) is 12.5 Å². The highest BCUT2D eigenvalue weighted by atomic mass is 32.2. The molecule has 0 atom stereocenters. The predicted molar refractivity (Wildman–Crippen MR) is 116 cm³/mol. The van der Waals surface area contributed by atoms with E-state index in [-0.39, 0.29) is 11.8 Å². The van der Waals surface area contributed by atoms with Gasteiger partial charge in [-0.25, -0.2) is 0 Å². The van der Waals surface area contributed by atoms with Gasteiger partial charge in [0.15, 0.2) is 4.32 Å². The number of thioether (sulfide) groups is 1. The van der Waals surface area contributed by atoms with Gasteiger partial charge in [0, 0.05) is 18.2 Å². The van der Waals surface area contributed by atoms with Crippen molar-refractivity contribution in [2.45, 2.75) is 6.92 Å². The number of anilines is 2. The number of carbonyl (C=O) groups excluding carboxylic acids is 2. The first-order chi connectivity index (χ1) is 13.5. The summed E-state index contributed by atoms with van der Waals surface area (Å²) in [4.78, 5) is 26.1. The van der Waals surface area contributed by atoms with Crippen molar-refractivity contribution in [3.8, 4) is 5.75 Å². The zero-order chi connectivity index (χ0) is 19.7. The van der Waals surface area contributed by atoms with Crippen molar-refractivity contribution in [3.05, 3.63) is 70.6 Å². The van der Waals surface area contributed by atoms with Gasteiger partial charge in [0.2, 0.25) is 5.91 Å². The van der Waals surface area contributed by atoms with Crippen LogP contribution >= 0.6 is 24.0 Å². The maximum Gasteiger partial charge on any atom is 0.270 e. The molecule has 0 spiro atoms. The van der Waals surface area contributed by atoms with Crippen LogP contribution in [0.3, 0.4) is 0 Å². The predicted octanol–water partition coefficient (Wildman–Crippen LogP) is 4.37. The number of amides is 2. The molecule has 0 saturated carbocycles. The second-order valence-corrected chi connectivity index (χ2v) is 7.97. The summed E-state index contributed by atoms with van der Waals surface area (Å²) >= 11 is 6.69. The minimum absolute atomic E-state index is 0.147. The number of para-hydroxylation sites is 1. The lowest BCUT2D eigenvalue weighted by atomic mass is 10.1. The maximum atomic E-state index is 12.9. The molecular formula is C21H16N2O3S2. The van der Waals surface area contributed by atoms with Gasteiger partial charge in [-0.15, -0.1) is 0 Å². The van der Waals surface area contributed by atoms with Gasteiger partial charge in [0.1, 0.15) is 12.4 Å². The number of ether oxygens (including phenoxy) is 1. The van der Waals surface area contributed by atoms with Gasteiger partial charge in [-0.05, 0) is 48.1 Å². The maximum absolute atomic E-state index is 12.9. The Morgan fingerprint density at radius 2 is 1.96 bits per heavy atom. The van der Waals surface area contributed by atoms with Crippen molar-refractivity contribution in [2.75, 3.05) is 16.8 Å². The van der Waals surface area contributed by atoms with E-state index >= 15 is 0 Å². The zero-order valence-electron chi connectivity index (χ0n) is 15.0. The SMILES string of the molecule is CC(=O)Nc1ccc(N2C(=O)/C(=C\C3=Cc4ccccc4OC3)SC2=S)cc1. The van der Waals surface area contributed by atoms with Gasteiger partial charge in [0.25, 0.3) is 5.91 Å². The largest absolute Gasteiger partial charge is 0.488 e. The molecule has 7 heteroatoms. The molecule has 4 rings (SSSR count). The van der Waals surface area contributed by atoms with Crippen molar-refractivity contribution < 1.29 is 14.3 Å². The van der Waals surface area contributed by atoms with Crippen LogP contribution in [0, 0.1) is 0 Å². The summed E-state index contributed by atoms with van der Waals surface area (Å²) < 4.78 is 6.22. The summed E-state index contributed by atoms with van der Waals surface area (Å²) in [6.45, 7) is 1.86. The summed E-state index contributed by atoms with van der Waals surface area (Å²) in [6, 6.07) is 14.8. The van der Waals surface area contributed by atoms with Crippen LogP contribution < -0.4 is 15.0 Å². The lowest BCUT2D eigenvalue weighted by molar-refractivity contribution is -0.114. The Hall–Kier alpha value is -2.90. The Labute approximate surface area is 172 Å². The molecule has 1 saturated heterocycles. The molecule has 5 nitrogen and oxygen atoms in total. The Morgan fingerprint density at radius 3 is 2.71 bits per heavy atom. The Bertz CT molecular complexity index is 1040. The Kier molecular flexibility index (Phi) is 5.02. The number of carbonyl (C=O) groups is 2. The fourth-order valence-corrected chi connectivity index (χ4v) is 4.29. The van der Waals surface area contributed by atoms with Crippen molar-refractivity contribution >= 4 is 57.6 Å². The van der Waals surface area contributed by atoms with E-state index in [1.54, 1.807) is 24.3 Å². The first-order valence-corrected chi connectivity index (χ1v) is 9.82. The minimum atomic E-state index is -0.165. The van der Waals surface area contributed by atoms with Crippen molar-refractivity contribution in [1.29, 1.82) is 0 Å². The van der Waals surface area contributed by atoms with Crippen molar-refractivity contribution in [3.63, 3.8) is 0 Å². The van der Waals surface area contributed by atoms with E-state index in [1.165, 1.54) is 23.6 Å². The highest BCUT2D eigenvalue weighted by Gasteiger charge is 2.33. The normalized spacial score (nSPS) is 17.2.